The van der Waals surface area contributed by atoms with Gasteiger partial charge in [-0.25, -0.2) is 4.79 Å². The number of nitrogens with one attached hydrogen (secondary N) is 2. The Bertz CT molecular complexity index is 312. The molecule has 0 rings (SSSR count). The van der Waals surface area contributed by atoms with Gasteiger partial charge in [0.2, 0.25) is 0 Å². The Kier molecular flexibility index (Phi) is 9.69. The summed E-state index contributed by atoms with van der Waals surface area (Å²) in [5, 5.41) is 6.37. The zero-order chi connectivity index (χ0) is 17.2. The van der Waals surface area contributed by atoms with E-state index < -0.39 is 5.60 Å². The van der Waals surface area contributed by atoms with Crippen LogP contribution in [0, 0.1) is 0 Å². The van der Waals surface area contributed by atoms with Crippen LogP contribution in [0.15, 0.2) is 0 Å². The van der Waals surface area contributed by atoms with E-state index in [0.29, 0.717) is 6.54 Å². The molecule has 0 aromatic rings. The predicted molar refractivity (Wildman–Crippen MR) is 91.3 cm³/mol. The average Bonchev–Trinajstić information content (AvgIpc) is 2.39. The highest BCUT2D eigenvalue weighted by atomic mass is 16.6. The third-order valence-corrected chi connectivity index (χ3v) is 3.51. The molecule has 132 valence electrons. The van der Waals surface area contributed by atoms with Crippen LogP contribution in [0.4, 0.5) is 4.79 Å². The lowest BCUT2D eigenvalue weighted by Crippen LogP contribution is -2.44. The summed E-state index contributed by atoms with van der Waals surface area (Å²) in [7, 11) is 1.73. The molecule has 0 saturated heterocycles. The smallest absolute Gasteiger partial charge is 0.407 e. The summed E-state index contributed by atoms with van der Waals surface area (Å²) in [4.78, 5) is 11.7. The number of ether oxygens (including phenoxy) is 2. The van der Waals surface area contributed by atoms with Crippen molar-refractivity contribution in [2.75, 3.05) is 20.2 Å². The minimum Gasteiger partial charge on any atom is -0.444 e. The van der Waals surface area contributed by atoms with Gasteiger partial charge in [-0.05, 0) is 54.0 Å². The van der Waals surface area contributed by atoms with Gasteiger partial charge in [-0.1, -0.05) is 19.8 Å². The van der Waals surface area contributed by atoms with Crippen molar-refractivity contribution in [1.82, 2.24) is 10.6 Å². The predicted octanol–water partition coefficient (Wildman–Crippen LogP) is 3.47. The van der Waals surface area contributed by atoms with Crippen molar-refractivity contribution in [3.8, 4) is 0 Å². The van der Waals surface area contributed by atoms with Crippen molar-refractivity contribution in [1.29, 1.82) is 0 Å². The summed E-state index contributed by atoms with van der Waals surface area (Å²) >= 11 is 0. The second kappa shape index (κ2) is 10.1. The largest absolute Gasteiger partial charge is 0.444 e. The van der Waals surface area contributed by atoms with Gasteiger partial charge in [0.1, 0.15) is 5.60 Å². The fourth-order valence-electron chi connectivity index (χ4n) is 1.93. The van der Waals surface area contributed by atoms with Crippen molar-refractivity contribution >= 4 is 6.09 Å². The Morgan fingerprint density at radius 2 is 1.82 bits per heavy atom. The molecule has 0 aliphatic carbocycles. The topological polar surface area (TPSA) is 59.6 Å². The van der Waals surface area contributed by atoms with Crippen LogP contribution in [-0.4, -0.2) is 43.5 Å². The van der Waals surface area contributed by atoms with Crippen molar-refractivity contribution in [3.05, 3.63) is 0 Å². The number of alkyl carbamates (subject to hydrolysis) is 1. The van der Waals surface area contributed by atoms with E-state index in [4.69, 9.17) is 9.47 Å². The molecule has 0 radical (unpaired) electrons. The molecule has 22 heavy (non-hydrogen) atoms. The maximum absolute atomic E-state index is 11.7. The maximum Gasteiger partial charge on any atom is 0.407 e. The summed E-state index contributed by atoms with van der Waals surface area (Å²) in [6, 6.07) is 0.264. The van der Waals surface area contributed by atoms with Gasteiger partial charge in [0, 0.05) is 19.7 Å². The number of amides is 1. The minimum absolute atomic E-state index is 0.124. The molecule has 5 heteroatoms. The lowest BCUT2D eigenvalue weighted by Gasteiger charge is -2.26. The van der Waals surface area contributed by atoms with E-state index in [2.05, 4.69) is 31.4 Å². The van der Waals surface area contributed by atoms with Gasteiger partial charge in [0.05, 0.1) is 5.60 Å². The van der Waals surface area contributed by atoms with Crippen LogP contribution in [-0.2, 0) is 9.47 Å². The van der Waals surface area contributed by atoms with Crippen molar-refractivity contribution in [2.45, 2.75) is 84.5 Å². The summed E-state index contributed by atoms with van der Waals surface area (Å²) in [5.41, 5.74) is -0.584. The molecule has 1 unspecified atom stereocenters. The monoisotopic (exact) mass is 316 g/mol. The minimum atomic E-state index is -0.459. The molecule has 0 fully saturated rings. The molecule has 1 amide bonds. The first-order chi connectivity index (χ1) is 10.1. The molecule has 0 saturated carbocycles. The summed E-state index contributed by atoms with van der Waals surface area (Å²) in [5.74, 6) is 0. The number of hydrogen-bond donors (Lipinski definition) is 2. The van der Waals surface area contributed by atoms with Crippen LogP contribution >= 0.6 is 0 Å². The highest BCUT2D eigenvalue weighted by Gasteiger charge is 2.19. The summed E-state index contributed by atoms with van der Waals surface area (Å²) in [6.45, 7) is 13.4. The average molecular weight is 316 g/mol. The second-order valence-corrected chi connectivity index (χ2v) is 7.39. The Morgan fingerprint density at radius 1 is 1.18 bits per heavy atom. The third-order valence-electron chi connectivity index (χ3n) is 3.51. The van der Waals surface area contributed by atoms with Crippen LogP contribution in [0.1, 0.15) is 67.2 Å². The highest BCUT2D eigenvalue weighted by molar-refractivity contribution is 5.67. The number of unbranched alkanes of at least 4 members (excludes halogenated alkanes) is 1. The first-order valence-corrected chi connectivity index (χ1v) is 8.35. The summed E-state index contributed by atoms with van der Waals surface area (Å²) < 4.78 is 10.7. The van der Waals surface area contributed by atoms with Crippen LogP contribution in [0.3, 0.4) is 0 Å². The lowest BCUT2D eigenvalue weighted by molar-refractivity contribution is 0.0151. The van der Waals surface area contributed by atoms with Crippen LogP contribution in [0.5, 0.6) is 0 Å². The third kappa shape index (κ3) is 11.8. The molecule has 1 atom stereocenters. The Balaban J connectivity index is 4.20. The zero-order valence-electron chi connectivity index (χ0n) is 15.5. The first kappa shape index (κ1) is 21.2. The van der Waals surface area contributed by atoms with Gasteiger partial charge in [-0.15, -0.1) is 0 Å². The van der Waals surface area contributed by atoms with Crippen molar-refractivity contribution in [2.24, 2.45) is 0 Å². The van der Waals surface area contributed by atoms with E-state index >= 15 is 0 Å². The number of methoxy groups -OCH3 is 1. The lowest BCUT2D eigenvalue weighted by atomic mass is 10.0. The first-order valence-electron chi connectivity index (χ1n) is 8.35. The Hall–Kier alpha value is -0.810. The van der Waals surface area contributed by atoms with E-state index in [0.717, 1.165) is 32.2 Å². The van der Waals surface area contributed by atoms with Crippen LogP contribution in [0.2, 0.25) is 0 Å². The van der Waals surface area contributed by atoms with Gasteiger partial charge >= 0.3 is 6.09 Å². The molecular formula is C17H36N2O3. The Morgan fingerprint density at radius 3 is 2.32 bits per heavy atom. The number of rotatable bonds is 10. The summed E-state index contributed by atoms with van der Waals surface area (Å²) in [6.07, 6.45) is 3.90. The zero-order valence-corrected chi connectivity index (χ0v) is 15.5. The van der Waals surface area contributed by atoms with Gasteiger partial charge in [-0.2, -0.15) is 0 Å². The molecule has 0 bridgehead atoms. The molecule has 0 aromatic carbocycles. The molecule has 0 aromatic heterocycles. The van der Waals surface area contributed by atoms with Gasteiger partial charge in [-0.3, -0.25) is 0 Å². The fourth-order valence-corrected chi connectivity index (χ4v) is 1.93. The fraction of sp³-hybridized carbons (Fsp3) is 0.941. The molecule has 0 aliphatic rings. The van der Waals surface area contributed by atoms with E-state index in [1.54, 1.807) is 7.11 Å². The van der Waals surface area contributed by atoms with Crippen LogP contribution < -0.4 is 10.6 Å². The normalized spacial score (nSPS) is 13.8. The van der Waals surface area contributed by atoms with E-state index in [1.807, 2.05) is 20.8 Å². The Labute approximate surface area is 136 Å². The van der Waals surface area contributed by atoms with Gasteiger partial charge in [0.25, 0.3) is 0 Å². The quantitative estimate of drug-likeness (QED) is 0.648. The molecular weight excluding hydrogens is 280 g/mol. The van der Waals surface area contributed by atoms with Gasteiger partial charge < -0.3 is 20.1 Å². The number of carbonyl (C=O) groups is 1. The maximum atomic E-state index is 11.7. The van der Waals surface area contributed by atoms with E-state index in [1.165, 1.54) is 0 Å². The molecule has 0 aliphatic heterocycles. The van der Waals surface area contributed by atoms with Gasteiger partial charge in [0.15, 0.2) is 0 Å². The second-order valence-electron chi connectivity index (χ2n) is 7.39. The number of carbonyl (C=O) groups excluding carboxylic acids is 1. The molecule has 2 N–H and O–H groups in total. The van der Waals surface area contributed by atoms with E-state index in [-0.39, 0.29) is 17.7 Å². The highest BCUT2D eigenvalue weighted by Crippen LogP contribution is 2.12. The molecule has 0 spiro atoms. The molecule has 0 heterocycles. The van der Waals surface area contributed by atoms with Crippen molar-refractivity contribution in [3.63, 3.8) is 0 Å². The number of hydrogen-bond acceptors (Lipinski definition) is 4. The van der Waals surface area contributed by atoms with Crippen molar-refractivity contribution < 1.29 is 14.3 Å². The molecule has 5 nitrogen and oxygen atoms in total. The van der Waals surface area contributed by atoms with E-state index in [9.17, 15) is 4.79 Å². The van der Waals surface area contributed by atoms with Crippen LogP contribution in [0.25, 0.3) is 0 Å². The standard InChI is InChI=1S/C17H36N2O3/c1-8-9-10-14(18-12-11-17(5,6)21-7)13-19-15(20)22-16(2,3)4/h14,18H,8-13H2,1-7H3,(H,19,20). The SMILES string of the molecule is CCCCC(CNC(=O)OC(C)(C)C)NCCC(C)(C)OC.